The molecule has 2 fully saturated rings. The van der Waals surface area contributed by atoms with Gasteiger partial charge in [-0.1, -0.05) is 0 Å². The number of hydrogen-bond acceptors (Lipinski definition) is 5. The van der Waals surface area contributed by atoms with Gasteiger partial charge in [0, 0.05) is 46.6 Å². The number of rotatable bonds is 6. The number of nitrogens with zero attached hydrogens (tertiary/aromatic N) is 2. The lowest BCUT2D eigenvalue weighted by molar-refractivity contribution is -0.162. The molecule has 2 aliphatic heterocycles. The molecule has 0 radical (unpaired) electrons. The van der Waals surface area contributed by atoms with Gasteiger partial charge in [0.2, 0.25) is 11.8 Å². The lowest BCUT2D eigenvalue weighted by Gasteiger charge is -2.41. The van der Waals surface area contributed by atoms with E-state index in [1.807, 2.05) is 0 Å². The van der Waals surface area contributed by atoms with E-state index in [-0.39, 0.29) is 30.7 Å². The molecule has 2 N–H and O–H groups in total. The minimum atomic E-state index is -0.640. The van der Waals surface area contributed by atoms with Crippen molar-refractivity contribution in [3.05, 3.63) is 0 Å². The van der Waals surface area contributed by atoms with Crippen molar-refractivity contribution in [1.29, 1.82) is 0 Å². The summed E-state index contributed by atoms with van der Waals surface area (Å²) in [4.78, 5) is 27.3. The molecule has 0 aromatic carbocycles. The van der Waals surface area contributed by atoms with E-state index in [0.29, 0.717) is 13.0 Å². The molecule has 0 aromatic heterocycles. The largest absolute Gasteiger partial charge is 0.361 e. The molecule has 7 nitrogen and oxygen atoms in total. The monoisotopic (exact) mass is 285 g/mol. The Hall–Kier alpha value is -1.18. The maximum atomic E-state index is 12.1. The third-order valence-corrected chi connectivity index (χ3v) is 4.06. The Morgan fingerprint density at radius 3 is 2.15 bits per heavy atom. The predicted octanol–water partition coefficient (Wildman–Crippen LogP) is -0.496. The molecule has 0 bridgehead atoms. The van der Waals surface area contributed by atoms with E-state index < -0.39 is 6.04 Å². The maximum Gasteiger partial charge on any atom is 0.241 e. The van der Waals surface area contributed by atoms with Crippen LogP contribution in [0.1, 0.15) is 25.7 Å². The molecule has 2 saturated heterocycles. The van der Waals surface area contributed by atoms with E-state index in [1.54, 1.807) is 24.0 Å². The standard InChI is InChI=1S/C13H23N3O4/c1-19-11-5-7-15(11)10(17)4-3-9(14)13(18)16-8-6-12(16)20-2/h9,11-12H,3-8,14H2,1-2H3. The number of ether oxygens (including phenoxy) is 2. The highest BCUT2D eigenvalue weighted by atomic mass is 16.5. The van der Waals surface area contributed by atoms with Crippen LogP contribution in [0.15, 0.2) is 0 Å². The summed E-state index contributed by atoms with van der Waals surface area (Å²) in [6.07, 6.45) is 2.09. The van der Waals surface area contributed by atoms with E-state index in [1.165, 1.54) is 0 Å². The molecule has 0 aliphatic carbocycles. The van der Waals surface area contributed by atoms with Gasteiger partial charge in [-0.05, 0) is 6.42 Å². The normalized spacial score (nSPS) is 26.8. The third-order valence-electron chi connectivity index (χ3n) is 4.06. The Kier molecular flexibility index (Phi) is 4.95. The topological polar surface area (TPSA) is 85.1 Å². The molecule has 2 aliphatic rings. The molecule has 3 unspecified atom stereocenters. The van der Waals surface area contributed by atoms with Crippen LogP contribution >= 0.6 is 0 Å². The first kappa shape index (κ1) is 15.2. The van der Waals surface area contributed by atoms with E-state index in [2.05, 4.69) is 0 Å². The quantitative estimate of drug-likeness (QED) is 0.711. The van der Waals surface area contributed by atoms with Crippen LogP contribution in [0.4, 0.5) is 0 Å². The van der Waals surface area contributed by atoms with Crippen LogP contribution in [0.5, 0.6) is 0 Å². The third kappa shape index (κ3) is 2.94. The molecule has 3 atom stereocenters. The van der Waals surface area contributed by atoms with Crippen LogP contribution in [0, 0.1) is 0 Å². The van der Waals surface area contributed by atoms with Gasteiger partial charge in [0.05, 0.1) is 6.04 Å². The molecule has 114 valence electrons. The number of methoxy groups -OCH3 is 2. The summed E-state index contributed by atoms with van der Waals surface area (Å²) in [5, 5.41) is 0. The number of likely N-dealkylation sites (tertiary alicyclic amines) is 2. The fourth-order valence-corrected chi connectivity index (χ4v) is 2.51. The minimum absolute atomic E-state index is 0.00162. The lowest BCUT2D eigenvalue weighted by Crippen LogP contribution is -2.57. The zero-order chi connectivity index (χ0) is 14.7. The van der Waals surface area contributed by atoms with Crippen molar-refractivity contribution in [3.63, 3.8) is 0 Å². The molecule has 20 heavy (non-hydrogen) atoms. The first-order chi connectivity index (χ1) is 9.58. The molecule has 0 aromatic rings. The van der Waals surface area contributed by atoms with Gasteiger partial charge in [-0.2, -0.15) is 0 Å². The Morgan fingerprint density at radius 2 is 1.70 bits per heavy atom. The predicted molar refractivity (Wildman–Crippen MR) is 71.5 cm³/mol. The van der Waals surface area contributed by atoms with Crippen LogP contribution < -0.4 is 5.73 Å². The Bertz CT molecular complexity index is 373. The summed E-state index contributed by atoms with van der Waals surface area (Å²) in [7, 11) is 3.17. The Labute approximate surface area is 119 Å². The van der Waals surface area contributed by atoms with Crippen LogP contribution in [0.2, 0.25) is 0 Å². The number of amides is 2. The van der Waals surface area contributed by atoms with Gasteiger partial charge < -0.3 is 25.0 Å². The highest BCUT2D eigenvalue weighted by Gasteiger charge is 2.36. The van der Waals surface area contributed by atoms with Gasteiger partial charge in [0.25, 0.3) is 0 Å². The molecule has 2 amide bonds. The smallest absolute Gasteiger partial charge is 0.241 e. The summed E-state index contributed by atoms with van der Waals surface area (Å²) in [5.74, 6) is -0.138. The van der Waals surface area contributed by atoms with Gasteiger partial charge in [-0.15, -0.1) is 0 Å². The van der Waals surface area contributed by atoms with E-state index in [4.69, 9.17) is 15.2 Å². The van der Waals surface area contributed by atoms with Crippen LogP contribution in [-0.4, -0.2) is 67.4 Å². The Morgan fingerprint density at radius 1 is 1.15 bits per heavy atom. The maximum absolute atomic E-state index is 12.1. The van der Waals surface area contributed by atoms with E-state index >= 15 is 0 Å². The van der Waals surface area contributed by atoms with Crippen LogP contribution in [-0.2, 0) is 19.1 Å². The average molecular weight is 285 g/mol. The summed E-state index contributed by atoms with van der Waals surface area (Å²) < 4.78 is 10.3. The highest BCUT2D eigenvalue weighted by Crippen LogP contribution is 2.21. The Balaban J connectivity index is 1.73. The molecule has 2 rings (SSSR count). The molecular formula is C13H23N3O4. The van der Waals surface area contributed by atoms with Gasteiger partial charge in [-0.3, -0.25) is 9.59 Å². The molecule has 2 heterocycles. The second-order valence-corrected chi connectivity index (χ2v) is 5.22. The number of carbonyl (C=O) groups excluding carboxylic acids is 2. The van der Waals surface area contributed by atoms with Crippen LogP contribution in [0.25, 0.3) is 0 Å². The van der Waals surface area contributed by atoms with Crippen molar-refractivity contribution >= 4 is 11.8 Å². The van der Waals surface area contributed by atoms with Gasteiger partial charge >= 0.3 is 0 Å². The second-order valence-electron chi connectivity index (χ2n) is 5.22. The van der Waals surface area contributed by atoms with Crippen molar-refractivity contribution in [2.45, 2.75) is 44.2 Å². The van der Waals surface area contributed by atoms with Crippen molar-refractivity contribution in [3.8, 4) is 0 Å². The van der Waals surface area contributed by atoms with E-state index in [0.717, 1.165) is 19.4 Å². The number of nitrogens with two attached hydrogens (primary N) is 1. The SMILES string of the molecule is COC1CCN1C(=O)CCC(N)C(=O)N1CCC1OC. The first-order valence-corrected chi connectivity index (χ1v) is 6.99. The summed E-state index contributed by atoms with van der Waals surface area (Å²) >= 11 is 0. The fourth-order valence-electron chi connectivity index (χ4n) is 2.51. The lowest BCUT2D eigenvalue weighted by atomic mass is 10.1. The van der Waals surface area contributed by atoms with Gasteiger partial charge in [0.1, 0.15) is 12.5 Å². The molecule has 0 spiro atoms. The van der Waals surface area contributed by atoms with Crippen molar-refractivity contribution in [2.75, 3.05) is 27.3 Å². The zero-order valence-corrected chi connectivity index (χ0v) is 12.1. The molecular weight excluding hydrogens is 262 g/mol. The van der Waals surface area contributed by atoms with Gasteiger partial charge in [-0.25, -0.2) is 0 Å². The van der Waals surface area contributed by atoms with Crippen molar-refractivity contribution in [1.82, 2.24) is 9.80 Å². The molecule has 7 heteroatoms. The summed E-state index contributed by atoms with van der Waals surface area (Å²) in [6.45, 7) is 1.40. The molecule has 0 saturated carbocycles. The summed E-state index contributed by atoms with van der Waals surface area (Å²) in [6, 6.07) is -0.640. The van der Waals surface area contributed by atoms with E-state index in [9.17, 15) is 9.59 Å². The van der Waals surface area contributed by atoms with Gasteiger partial charge in [0.15, 0.2) is 0 Å². The number of carbonyl (C=O) groups is 2. The zero-order valence-electron chi connectivity index (χ0n) is 12.1. The number of hydrogen-bond donors (Lipinski definition) is 1. The van der Waals surface area contributed by atoms with Crippen molar-refractivity contribution < 1.29 is 19.1 Å². The summed E-state index contributed by atoms with van der Waals surface area (Å²) in [5.41, 5.74) is 5.87. The van der Waals surface area contributed by atoms with Crippen LogP contribution in [0.3, 0.4) is 0 Å². The second kappa shape index (κ2) is 6.51. The average Bonchev–Trinajstić information content (AvgIpc) is 2.34. The fraction of sp³-hybridized carbons (Fsp3) is 0.846. The van der Waals surface area contributed by atoms with Crippen molar-refractivity contribution in [2.24, 2.45) is 5.73 Å². The highest BCUT2D eigenvalue weighted by molar-refractivity contribution is 5.84. The minimum Gasteiger partial charge on any atom is -0.361 e. The first-order valence-electron chi connectivity index (χ1n) is 6.99.